The Labute approximate surface area is 101 Å². The highest BCUT2D eigenvalue weighted by Gasteiger charge is 2.05. The van der Waals surface area contributed by atoms with Gasteiger partial charge < -0.3 is 15.1 Å². The first-order valence-electron chi connectivity index (χ1n) is 5.66. The van der Waals surface area contributed by atoms with E-state index in [0.717, 1.165) is 31.6 Å². The third-order valence-electron chi connectivity index (χ3n) is 2.54. The second-order valence-electron chi connectivity index (χ2n) is 3.92. The predicted octanol–water partition coefficient (Wildman–Crippen LogP) is 1.38. The molecule has 0 saturated carbocycles. The highest BCUT2D eigenvalue weighted by Crippen LogP contribution is 2.10. The third kappa shape index (κ3) is 4.40. The Kier molecular flexibility index (Phi) is 5.42. The van der Waals surface area contributed by atoms with Crippen molar-refractivity contribution in [2.75, 3.05) is 25.1 Å². The van der Waals surface area contributed by atoms with Gasteiger partial charge in [0, 0.05) is 26.4 Å². The number of anilines is 1. The van der Waals surface area contributed by atoms with Gasteiger partial charge in [0.2, 0.25) is 0 Å². The molecule has 0 aromatic carbocycles. The fourth-order valence-corrected chi connectivity index (χ4v) is 1.49. The summed E-state index contributed by atoms with van der Waals surface area (Å²) in [4.78, 5) is 16.7. The third-order valence-corrected chi connectivity index (χ3v) is 2.54. The van der Waals surface area contributed by atoms with E-state index in [1.165, 1.54) is 6.20 Å². The maximum absolute atomic E-state index is 10.6. The van der Waals surface area contributed by atoms with Crippen LogP contribution >= 0.6 is 0 Å². The Balaban J connectivity index is 2.46. The molecule has 0 amide bonds. The molecule has 1 heterocycles. The van der Waals surface area contributed by atoms with Crippen molar-refractivity contribution in [1.82, 2.24) is 4.98 Å². The molecule has 0 unspecified atom stereocenters. The van der Waals surface area contributed by atoms with Gasteiger partial charge in [-0.05, 0) is 31.4 Å². The van der Waals surface area contributed by atoms with Crippen molar-refractivity contribution in [3.05, 3.63) is 23.9 Å². The van der Waals surface area contributed by atoms with Gasteiger partial charge in [-0.2, -0.15) is 0 Å². The van der Waals surface area contributed by atoms with Gasteiger partial charge in [-0.15, -0.1) is 0 Å². The van der Waals surface area contributed by atoms with Gasteiger partial charge in [0.1, 0.15) is 5.82 Å². The summed E-state index contributed by atoms with van der Waals surface area (Å²) in [7, 11) is 1.92. The molecule has 0 bridgehead atoms. The van der Waals surface area contributed by atoms with Crippen molar-refractivity contribution in [2.24, 2.45) is 0 Å². The van der Waals surface area contributed by atoms with Gasteiger partial charge in [0.15, 0.2) is 0 Å². The maximum Gasteiger partial charge on any atom is 0.337 e. The van der Waals surface area contributed by atoms with Crippen LogP contribution in [0, 0.1) is 0 Å². The lowest BCUT2D eigenvalue weighted by Gasteiger charge is -2.17. The number of nitrogens with zero attached hydrogens (tertiary/aromatic N) is 2. The van der Waals surface area contributed by atoms with Crippen molar-refractivity contribution < 1.29 is 15.0 Å². The van der Waals surface area contributed by atoms with Gasteiger partial charge in [0.25, 0.3) is 0 Å². The monoisotopic (exact) mass is 238 g/mol. The summed E-state index contributed by atoms with van der Waals surface area (Å²) in [5.41, 5.74) is 0.197. The standard InChI is InChI=1S/C12H18N2O3/c1-14(7-3-2-4-8-15)11-6-5-10(9-13-11)12(16)17/h5-6,9,15H,2-4,7-8H2,1H3,(H,16,17). The van der Waals surface area contributed by atoms with Crippen molar-refractivity contribution in [2.45, 2.75) is 19.3 Å². The molecular formula is C12H18N2O3. The average Bonchev–Trinajstić information content (AvgIpc) is 2.34. The number of aliphatic hydroxyl groups is 1. The number of pyridine rings is 1. The van der Waals surface area contributed by atoms with Crippen LogP contribution in [0.25, 0.3) is 0 Å². The minimum atomic E-state index is -0.963. The SMILES string of the molecule is CN(CCCCCO)c1ccc(C(=O)O)cn1. The fourth-order valence-electron chi connectivity index (χ4n) is 1.49. The van der Waals surface area contributed by atoms with E-state index in [-0.39, 0.29) is 12.2 Å². The predicted molar refractivity (Wildman–Crippen MR) is 65.4 cm³/mol. The number of carboxylic acid groups (broad SMARTS) is 1. The first-order chi connectivity index (χ1) is 8.15. The van der Waals surface area contributed by atoms with Gasteiger partial charge in [0.05, 0.1) is 5.56 Å². The van der Waals surface area contributed by atoms with E-state index < -0.39 is 5.97 Å². The number of carboxylic acids is 1. The van der Waals surface area contributed by atoms with Crippen LogP contribution in [0.1, 0.15) is 29.6 Å². The Morgan fingerprint density at radius 2 is 2.12 bits per heavy atom. The number of aromatic nitrogens is 1. The Morgan fingerprint density at radius 1 is 1.35 bits per heavy atom. The zero-order valence-electron chi connectivity index (χ0n) is 9.96. The molecule has 1 aromatic heterocycles. The van der Waals surface area contributed by atoms with Crippen LogP contribution in [0.5, 0.6) is 0 Å². The van der Waals surface area contributed by atoms with Crippen LogP contribution in [-0.2, 0) is 0 Å². The van der Waals surface area contributed by atoms with Crippen LogP contribution in [0.3, 0.4) is 0 Å². The molecule has 0 atom stereocenters. The topological polar surface area (TPSA) is 73.7 Å². The Hall–Kier alpha value is -1.62. The quantitative estimate of drug-likeness (QED) is 0.702. The Morgan fingerprint density at radius 3 is 2.65 bits per heavy atom. The molecule has 1 rings (SSSR count). The van der Waals surface area contributed by atoms with Gasteiger partial charge in [-0.3, -0.25) is 0 Å². The van der Waals surface area contributed by atoms with E-state index in [2.05, 4.69) is 4.98 Å². The summed E-state index contributed by atoms with van der Waals surface area (Å²) >= 11 is 0. The molecule has 5 nitrogen and oxygen atoms in total. The number of hydrogen-bond acceptors (Lipinski definition) is 4. The Bertz CT molecular complexity index is 351. The van der Waals surface area contributed by atoms with Crippen molar-refractivity contribution in [3.63, 3.8) is 0 Å². The average molecular weight is 238 g/mol. The van der Waals surface area contributed by atoms with Crippen LogP contribution in [0.4, 0.5) is 5.82 Å². The lowest BCUT2D eigenvalue weighted by molar-refractivity contribution is 0.0696. The van der Waals surface area contributed by atoms with E-state index in [1.54, 1.807) is 12.1 Å². The molecule has 2 N–H and O–H groups in total. The molecule has 5 heteroatoms. The van der Waals surface area contributed by atoms with E-state index >= 15 is 0 Å². The van der Waals surface area contributed by atoms with Crippen LogP contribution in [0.2, 0.25) is 0 Å². The van der Waals surface area contributed by atoms with Gasteiger partial charge >= 0.3 is 5.97 Å². The van der Waals surface area contributed by atoms with E-state index in [9.17, 15) is 4.79 Å². The normalized spacial score (nSPS) is 10.2. The molecular weight excluding hydrogens is 220 g/mol. The number of carbonyl (C=O) groups is 1. The second kappa shape index (κ2) is 6.85. The second-order valence-corrected chi connectivity index (χ2v) is 3.92. The molecule has 0 aliphatic rings. The van der Waals surface area contributed by atoms with Crippen LogP contribution < -0.4 is 4.90 Å². The minimum Gasteiger partial charge on any atom is -0.478 e. The van der Waals surface area contributed by atoms with Crippen LogP contribution in [-0.4, -0.2) is 41.4 Å². The zero-order chi connectivity index (χ0) is 12.7. The van der Waals surface area contributed by atoms with E-state index in [4.69, 9.17) is 10.2 Å². The summed E-state index contributed by atoms with van der Waals surface area (Å²) in [6.45, 7) is 1.08. The summed E-state index contributed by atoms with van der Waals surface area (Å²) < 4.78 is 0. The molecule has 0 radical (unpaired) electrons. The molecule has 94 valence electrons. The molecule has 0 aliphatic heterocycles. The summed E-state index contributed by atoms with van der Waals surface area (Å²) in [5, 5.41) is 17.4. The maximum atomic E-state index is 10.6. The van der Waals surface area contributed by atoms with E-state index in [1.807, 2.05) is 11.9 Å². The molecule has 1 aromatic rings. The molecule has 17 heavy (non-hydrogen) atoms. The number of hydrogen-bond donors (Lipinski definition) is 2. The first-order valence-corrected chi connectivity index (χ1v) is 5.66. The number of unbranched alkanes of at least 4 members (excludes halogenated alkanes) is 2. The minimum absolute atomic E-state index is 0.197. The van der Waals surface area contributed by atoms with Crippen molar-refractivity contribution in [3.8, 4) is 0 Å². The molecule has 0 spiro atoms. The molecule has 0 fully saturated rings. The van der Waals surface area contributed by atoms with Gasteiger partial charge in [-0.1, -0.05) is 0 Å². The largest absolute Gasteiger partial charge is 0.478 e. The molecule has 0 saturated heterocycles. The number of rotatable bonds is 7. The lowest BCUT2D eigenvalue weighted by atomic mass is 10.2. The summed E-state index contributed by atoms with van der Waals surface area (Å²) in [5.74, 6) is -0.200. The van der Waals surface area contributed by atoms with Crippen molar-refractivity contribution in [1.29, 1.82) is 0 Å². The highest BCUT2D eigenvalue weighted by atomic mass is 16.4. The smallest absolute Gasteiger partial charge is 0.337 e. The van der Waals surface area contributed by atoms with Gasteiger partial charge in [-0.25, -0.2) is 9.78 Å². The van der Waals surface area contributed by atoms with Crippen LogP contribution in [0.15, 0.2) is 18.3 Å². The summed E-state index contributed by atoms with van der Waals surface area (Å²) in [6, 6.07) is 3.25. The lowest BCUT2D eigenvalue weighted by Crippen LogP contribution is -2.19. The fraction of sp³-hybridized carbons (Fsp3) is 0.500. The summed E-state index contributed by atoms with van der Waals surface area (Å²) in [6.07, 6.45) is 4.15. The van der Waals surface area contributed by atoms with Crippen molar-refractivity contribution >= 4 is 11.8 Å². The van der Waals surface area contributed by atoms with E-state index in [0.29, 0.717) is 0 Å². The molecule has 0 aliphatic carbocycles. The number of aliphatic hydroxyl groups excluding tert-OH is 1. The number of aromatic carboxylic acids is 1. The highest BCUT2D eigenvalue weighted by molar-refractivity contribution is 5.87. The first kappa shape index (κ1) is 13.4. The zero-order valence-corrected chi connectivity index (χ0v) is 9.96.